The molecule has 1 aliphatic rings. The maximum absolute atomic E-state index is 11.5. The third-order valence-corrected chi connectivity index (χ3v) is 2.84. The van der Waals surface area contributed by atoms with Crippen molar-refractivity contribution in [2.75, 3.05) is 18.5 Å². The van der Waals surface area contributed by atoms with Crippen LogP contribution in [0.3, 0.4) is 0 Å². The molecular formula is C14H21N3O2. The van der Waals surface area contributed by atoms with Crippen molar-refractivity contribution >= 4 is 11.7 Å². The Balaban J connectivity index is 1.64. The number of pyridine rings is 1. The lowest BCUT2D eigenvalue weighted by Crippen LogP contribution is -2.25. The Labute approximate surface area is 113 Å². The molecule has 1 fully saturated rings. The lowest BCUT2D eigenvalue weighted by Gasteiger charge is -2.07. The van der Waals surface area contributed by atoms with E-state index in [2.05, 4.69) is 15.6 Å². The van der Waals surface area contributed by atoms with Gasteiger partial charge in [-0.05, 0) is 32.3 Å². The van der Waals surface area contributed by atoms with Gasteiger partial charge in [0.05, 0.1) is 6.61 Å². The molecule has 1 amide bonds. The number of anilines is 1. The molecule has 1 aromatic rings. The summed E-state index contributed by atoms with van der Waals surface area (Å²) in [6.45, 7) is 3.28. The summed E-state index contributed by atoms with van der Waals surface area (Å²) < 4.78 is 5.33. The van der Waals surface area contributed by atoms with Crippen molar-refractivity contribution in [3.8, 4) is 5.88 Å². The summed E-state index contributed by atoms with van der Waals surface area (Å²) in [6, 6.07) is 6.08. The maximum atomic E-state index is 11.5. The van der Waals surface area contributed by atoms with E-state index in [-0.39, 0.29) is 5.91 Å². The summed E-state index contributed by atoms with van der Waals surface area (Å²) in [5, 5.41) is 6.17. The predicted molar refractivity (Wildman–Crippen MR) is 74.3 cm³/mol. The van der Waals surface area contributed by atoms with Gasteiger partial charge in [-0.2, -0.15) is 4.98 Å². The quantitative estimate of drug-likeness (QED) is 0.704. The number of nitrogens with zero attached hydrogens (tertiary/aromatic N) is 1. The van der Waals surface area contributed by atoms with E-state index < -0.39 is 0 Å². The van der Waals surface area contributed by atoms with Crippen molar-refractivity contribution in [3.05, 3.63) is 18.2 Å². The van der Waals surface area contributed by atoms with Gasteiger partial charge in [-0.15, -0.1) is 0 Å². The minimum atomic E-state index is 0.153. The number of carbonyl (C=O) groups excluding carboxylic acids is 1. The number of ether oxygens (including phenoxy) is 1. The molecule has 0 bridgehead atoms. The second-order valence-corrected chi connectivity index (χ2v) is 4.67. The van der Waals surface area contributed by atoms with Crippen LogP contribution in [0.15, 0.2) is 18.2 Å². The highest BCUT2D eigenvalue weighted by Crippen LogP contribution is 2.18. The summed E-state index contributed by atoms with van der Waals surface area (Å²) in [5.41, 5.74) is 0. The Morgan fingerprint density at radius 1 is 1.47 bits per heavy atom. The highest BCUT2D eigenvalue weighted by molar-refractivity contribution is 5.76. The fourth-order valence-corrected chi connectivity index (χ4v) is 1.73. The van der Waals surface area contributed by atoms with Crippen molar-refractivity contribution in [2.24, 2.45) is 0 Å². The van der Waals surface area contributed by atoms with Gasteiger partial charge in [-0.1, -0.05) is 6.07 Å². The predicted octanol–water partition coefficient (Wildman–Crippen LogP) is 1.95. The van der Waals surface area contributed by atoms with Crippen LogP contribution < -0.4 is 15.4 Å². The summed E-state index contributed by atoms with van der Waals surface area (Å²) in [7, 11) is 0. The van der Waals surface area contributed by atoms with Crippen LogP contribution in [0.4, 0.5) is 5.82 Å². The third-order valence-electron chi connectivity index (χ3n) is 2.84. The second kappa shape index (κ2) is 6.97. The van der Waals surface area contributed by atoms with E-state index in [0.717, 1.165) is 31.6 Å². The van der Waals surface area contributed by atoms with E-state index >= 15 is 0 Å². The summed E-state index contributed by atoms with van der Waals surface area (Å²) in [4.78, 5) is 15.8. The van der Waals surface area contributed by atoms with Crippen LogP contribution in [0.2, 0.25) is 0 Å². The highest BCUT2D eigenvalue weighted by atomic mass is 16.5. The normalized spacial score (nSPS) is 13.9. The Hall–Kier alpha value is -1.78. The molecule has 2 N–H and O–H groups in total. The third kappa shape index (κ3) is 5.16. The molecule has 104 valence electrons. The van der Waals surface area contributed by atoms with Crippen molar-refractivity contribution < 1.29 is 9.53 Å². The first-order valence-corrected chi connectivity index (χ1v) is 6.91. The molecule has 0 atom stereocenters. The molecule has 1 aliphatic carbocycles. The molecule has 0 saturated heterocycles. The molecule has 0 spiro atoms. The van der Waals surface area contributed by atoms with Crippen LogP contribution in [-0.4, -0.2) is 30.1 Å². The number of hydrogen-bond donors (Lipinski definition) is 2. The Bertz CT molecular complexity index is 419. The smallest absolute Gasteiger partial charge is 0.220 e. The average molecular weight is 263 g/mol. The van der Waals surface area contributed by atoms with Crippen molar-refractivity contribution in [1.82, 2.24) is 10.3 Å². The largest absolute Gasteiger partial charge is 0.478 e. The second-order valence-electron chi connectivity index (χ2n) is 4.67. The van der Waals surface area contributed by atoms with Gasteiger partial charge in [0.15, 0.2) is 0 Å². The van der Waals surface area contributed by atoms with E-state index in [1.54, 1.807) is 0 Å². The average Bonchev–Trinajstić information content (AvgIpc) is 3.19. The number of amides is 1. The van der Waals surface area contributed by atoms with Crippen molar-refractivity contribution in [3.63, 3.8) is 0 Å². The summed E-state index contributed by atoms with van der Waals surface area (Å²) in [5.74, 6) is 1.56. The molecule has 1 saturated carbocycles. The fourth-order valence-electron chi connectivity index (χ4n) is 1.73. The lowest BCUT2D eigenvalue weighted by molar-refractivity contribution is -0.121. The Kier molecular flexibility index (Phi) is 5.01. The van der Waals surface area contributed by atoms with Crippen LogP contribution in [0.5, 0.6) is 5.88 Å². The van der Waals surface area contributed by atoms with Gasteiger partial charge in [0.25, 0.3) is 0 Å². The van der Waals surface area contributed by atoms with Gasteiger partial charge in [0.2, 0.25) is 11.8 Å². The SMILES string of the molecule is CCOc1cccc(NCCCC(=O)NC2CC2)n1. The molecule has 5 heteroatoms. The minimum absolute atomic E-state index is 0.153. The van der Waals surface area contributed by atoms with Crippen LogP contribution in [0.1, 0.15) is 32.6 Å². The van der Waals surface area contributed by atoms with E-state index in [1.807, 2.05) is 25.1 Å². The first kappa shape index (κ1) is 13.6. The number of carbonyl (C=O) groups is 1. The molecule has 2 rings (SSSR count). The molecule has 0 aromatic carbocycles. The van der Waals surface area contributed by atoms with Gasteiger partial charge >= 0.3 is 0 Å². The Morgan fingerprint density at radius 2 is 2.32 bits per heavy atom. The maximum Gasteiger partial charge on any atom is 0.220 e. The van der Waals surface area contributed by atoms with Crippen LogP contribution in [-0.2, 0) is 4.79 Å². The summed E-state index contributed by atoms with van der Waals surface area (Å²) in [6.07, 6.45) is 3.64. The number of hydrogen-bond acceptors (Lipinski definition) is 4. The first-order valence-electron chi connectivity index (χ1n) is 6.91. The number of nitrogens with one attached hydrogen (secondary N) is 2. The molecule has 1 aromatic heterocycles. The van der Waals surface area contributed by atoms with Gasteiger partial charge in [0, 0.05) is 25.1 Å². The monoisotopic (exact) mass is 263 g/mol. The number of rotatable bonds is 8. The van der Waals surface area contributed by atoms with Crippen molar-refractivity contribution in [2.45, 2.75) is 38.6 Å². The standard InChI is InChI=1S/C14H21N3O2/c1-2-19-14-7-3-5-12(17-14)15-10-4-6-13(18)16-11-8-9-11/h3,5,7,11H,2,4,6,8-10H2,1H3,(H,15,17)(H,16,18). The highest BCUT2D eigenvalue weighted by Gasteiger charge is 2.22. The zero-order valence-electron chi connectivity index (χ0n) is 11.3. The molecule has 1 heterocycles. The van der Waals surface area contributed by atoms with E-state index in [1.165, 1.54) is 0 Å². The lowest BCUT2D eigenvalue weighted by atomic mass is 10.3. The van der Waals surface area contributed by atoms with E-state index in [0.29, 0.717) is 24.9 Å². The van der Waals surface area contributed by atoms with Gasteiger partial charge < -0.3 is 15.4 Å². The zero-order chi connectivity index (χ0) is 13.5. The summed E-state index contributed by atoms with van der Waals surface area (Å²) >= 11 is 0. The van der Waals surface area contributed by atoms with Crippen LogP contribution in [0, 0.1) is 0 Å². The first-order chi connectivity index (χ1) is 9.28. The van der Waals surface area contributed by atoms with Crippen LogP contribution in [0.25, 0.3) is 0 Å². The van der Waals surface area contributed by atoms with Gasteiger partial charge in [-0.3, -0.25) is 4.79 Å². The van der Waals surface area contributed by atoms with Crippen LogP contribution >= 0.6 is 0 Å². The molecule has 0 aliphatic heterocycles. The topological polar surface area (TPSA) is 63.2 Å². The minimum Gasteiger partial charge on any atom is -0.478 e. The van der Waals surface area contributed by atoms with Gasteiger partial charge in [-0.25, -0.2) is 0 Å². The zero-order valence-corrected chi connectivity index (χ0v) is 11.3. The van der Waals surface area contributed by atoms with E-state index in [9.17, 15) is 4.79 Å². The number of aromatic nitrogens is 1. The molecule has 0 unspecified atom stereocenters. The fraction of sp³-hybridized carbons (Fsp3) is 0.571. The van der Waals surface area contributed by atoms with Gasteiger partial charge in [0.1, 0.15) is 5.82 Å². The molecular weight excluding hydrogens is 242 g/mol. The molecule has 19 heavy (non-hydrogen) atoms. The molecule has 0 radical (unpaired) electrons. The molecule has 5 nitrogen and oxygen atoms in total. The van der Waals surface area contributed by atoms with E-state index in [4.69, 9.17) is 4.74 Å². The van der Waals surface area contributed by atoms with Crippen molar-refractivity contribution in [1.29, 1.82) is 0 Å². The Morgan fingerprint density at radius 3 is 3.05 bits per heavy atom.